The molecule has 4 nitrogen and oxygen atoms in total. The minimum absolute atomic E-state index is 0.00244. The second-order valence-corrected chi connectivity index (χ2v) is 6.15. The van der Waals surface area contributed by atoms with Gasteiger partial charge in [0.25, 0.3) is 0 Å². The Bertz CT molecular complexity index is 634. The summed E-state index contributed by atoms with van der Waals surface area (Å²) in [5, 5.41) is 2.91. The number of rotatable bonds is 7. The number of hydrogen-bond donors (Lipinski definition) is 1. The molecule has 5 heteroatoms. The van der Waals surface area contributed by atoms with Crippen LogP contribution in [0.25, 0.3) is 0 Å². The first-order chi connectivity index (χ1) is 11.1. The zero-order valence-corrected chi connectivity index (χ0v) is 14.4. The van der Waals surface area contributed by atoms with Gasteiger partial charge in [0.15, 0.2) is 0 Å². The van der Waals surface area contributed by atoms with E-state index in [2.05, 4.69) is 5.32 Å². The number of carbonyl (C=O) groups is 1. The third kappa shape index (κ3) is 5.53. The van der Waals surface area contributed by atoms with E-state index < -0.39 is 0 Å². The summed E-state index contributed by atoms with van der Waals surface area (Å²) in [4.78, 5) is 13.1. The number of amides is 1. The fourth-order valence-corrected chi connectivity index (χ4v) is 2.73. The van der Waals surface area contributed by atoms with Gasteiger partial charge >= 0.3 is 0 Å². The summed E-state index contributed by atoms with van der Waals surface area (Å²) in [6, 6.07) is 13.7. The van der Waals surface area contributed by atoms with Gasteiger partial charge in [-0.25, -0.2) is 0 Å². The van der Waals surface area contributed by atoms with E-state index in [0.29, 0.717) is 23.8 Å². The first kappa shape index (κ1) is 17.2. The van der Waals surface area contributed by atoms with Crippen molar-refractivity contribution in [2.75, 3.05) is 20.0 Å². The minimum Gasteiger partial charge on any atom is -0.497 e. The predicted octanol–water partition coefficient (Wildman–Crippen LogP) is 3.42. The highest BCUT2D eigenvalue weighted by Crippen LogP contribution is 2.22. The van der Waals surface area contributed by atoms with E-state index in [1.165, 1.54) is 17.3 Å². The van der Waals surface area contributed by atoms with Crippen molar-refractivity contribution in [3.63, 3.8) is 0 Å². The molecule has 2 aromatic carbocycles. The van der Waals surface area contributed by atoms with Crippen molar-refractivity contribution < 1.29 is 14.3 Å². The number of methoxy groups -OCH3 is 2. The molecular weight excluding hydrogens is 310 g/mol. The lowest BCUT2D eigenvalue weighted by Gasteiger charge is -2.09. The Morgan fingerprint density at radius 1 is 1.04 bits per heavy atom. The smallest absolute Gasteiger partial charge is 0.230 e. The number of aryl methyl sites for hydroxylation is 1. The SMILES string of the molecule is COc1cc(CNC(=O)CSc2ccc(C)cc2)cc(OC)c1. The van der Waals surface area contributed by atoms with Crippen LogP contribution in [0.1, 0.15) is 11.1 Å². The molecule has 23 heavy (non-hydrogen) atoms. The molecule has 1 N–H and O–H groups in total. The molecule has 0 fully saturated rings. The second kappa shape index (κ2) is 8.48. The molecule has 122 valence electrons. The maximum Gasteiger partial charge on any atom is 0.230 e. The molecule has 0 aromatic heterocycles. The topological polar surface area (TPSA) is 47.6 Å². The molecular formula is C18H21NO3S. The molecule has 0 radical (unpaired) electrons. The Labute approximate surface area is 141 Å². The summed E-state index contributed by atoms with van der Waals surface area (Å²) in [6.07, 6.45) is 0. The van der Waals surface area contributed by atoms with Crippen LogP contribution in [-0.2, 0) is 11.3 Å². The monoisotopic (exact) mass is 331 g/mol. The van der Waals surface area contributed by atoms with Crippen LogP contribution >= 0.6 is 11.8 Å². The Kier molecular flexibility index (Phi) is 6.35. The summed E-state index contributed by atoms with van der Waals surface area (Å²) < 4.78 is 10.4. The molecule has 0 unspecified atom stereocenters. The molecule has 0 saturated heterocycles. The van der Waals surface area contributed by atoms with Crippen LogP contribution in [0.3, 0.4) is 0 Å². The van der Waals surface area contributed by atoms with Crippen LogP contribution in [0.5, 0.6) is 11.5 Å². The lowest BCUT2D eigenvalue weighted by Crippen LogP contribution is -2.24. The van der Waals surface area contributed by atoms with E-state index in [-0.39, 0.29) is 5.91 Å². The first-order valence-corrected chi connectivity index (χ1v) is 8.27. The summed E-state index contributed by atoms with van der Waals surface area (Å²) in [7, 11) is 3.21. The molecule has 0 spiro atoms. The fraction of sp³-hybridized carbons (Fsp3) is 0.278. The van der Waals surface area contributed by atoms with Crippen LogP contribution in [0.15, 0.2) is 47.4 Å². The lowest BCUT2D eigenvalue weighted by molar-refractivity contribution is -0.118. The van der Waals surface area contributed by atoms with Crippen molar-refractivity contribution in [3.05, 3.63) is 53.6 Å². The van der Waals surface area contributed by atoms with E-state index >= 15 is 0 Å². The van der Waals surface area contributed by atoms with Crippen molar-refractivity contribution in [1.29, 1.82) is 0 Å². The van der Waals surface area contributed by atoms with Gasteiger partial charge in [-0.2, -0.15) is 0 Å². The Morgan fingerprint density at radius 3 is 2.22 bits per heavy atom. The van der Waals surface area contributed by atoms with Crippen LogP contribution in [0.4, 0.5) is 0 Å². The number of thioether (sulfide) groups is 1. The number of nitrogens with one attached hydrogen (secondary N) is 1. The van der Waals surface area contributed by atoms with Crippen molar-refractivity contribution in [3.8, 4) is 11.5 Å². The van der Waals surface area contributed by atoms with Gasteiger partial charge in [-0.05, 0) is 36.8 Å². The molecule has 2 rings (SSSR count). The molecule has 0 aliphatic heterocycles. The normalized spacial score (nSPS) is 10.2. The largest absolute Gasteiger partial charge is 0.497 e. The molecule has 0 saturated carbocycles. The Hall–Kier alpha value is -2.14. The van der Waals surface area contributed by atoms with Crippen molar-refractivity contribution >= 4 is 17.7 Å². The quantitative estimate of drug-likeness (QED) is 0.790. The molecule has 1 amide bonds. The number of hydrogen-bond acceptors (Lipinski definition) is 4. The van der Waals surface area contributed by atoms with Gasteiger partial charge in [-0.3, -0.25) is 4.79 Å². The Morgan fingerprint density at radius 2 is 1.65 bits per heavy atom. The highest BCUT2D eigenvalue weighted by molar-refractivity contribution is 8.00. The second-order valence-electron chi connectivity index (χ2n) is 5.10. The van der Waals surface area contributed by atoms with Gasteiger partial charge in [0.1, 0.15) is 11.5 Å². The average Bonchev–Trinajstić information content (AvgIpc) is 2.59. The molecule has 0 atom stereocenters. The maximum atomic E-state index is 12.0. The zero-order valence-electron chi connectivity index (χ0n) is 13.6. The van der Waals surface area contributed by atoms with E-state index in [4.69, 9.17) is 9.47 Å². The van der Waals surface area contributed by atoms with Crippen molar-refractivity contribution in [1.82, 2.24) is 5.32 Å². The predicted molar refractivity (Wildman–Crippen MR) is 93.3 cm³/mol. The maximum absolute atomic E-state index is 12.0. The van der Waals surface area contributed by atoms with Crippen molar-refractivity contribution in [2.24, 2.45) is 0 Å². The third-order valence-electron chi connectivity index (χ3n) is 3.29. The molecule has 0 heterocycles. The lowest BCUT2D eigenvalue weighted by atomic mass is 10.2. The van der Waals surface area contributed by atoms with Crippen LogP contribution in [-0.4, -0.2) is 25.9 Å². The summed E-state index contributed by atoms with van der Waals surface area (Å²) in [6.45, 7) is 2.49. The minimum atomic E-state index is -0.00244. The first-order valence-electron chi connectivity index (χ1n) is 7.29. The van der Waals surface area contributed by atoms with Crippen LogP contribution in [0, 0.1) is 6.92 Å². The van der Waals surface area contributed by atoms with E-state index in [0.717, 1.165) is 10.5 Å². The Balaban J connectivity index is 1.85. The third-order valence-corrected chi connectivity index (χ3v) is 4.30. The van der Waals surface area contributed by atoms with Crippen LogP contribution < -0.4 is 14.8 Å². The summed E-state index contributed by atoms with van der Waals surface area (Å²) >= 11 is 1.53. The van der Waals surface area contributed by atoms with Crippen molar-refractivity contribution in [2.45, 2.75) is 18.4 Å². The number of benzene rings is 2. The van der Waals surface area contributed by atoms with E-state index in [1.54, 1.807) is 20.3 Å². The summed E-state index contributed by atoms with van der Waals surface area (Å²) in [5.41, 5.74) is 2.15. The molecule has 2 aromatic rings. The zero-order chi connectivity index (χ0) is 16.7. The van der Waals surface area contributed by atoms with Gasteiger partial charge in [0, 0.05) is 17.5 Å². The van der Waals surface area contributed by atoms with E-state index in [1.807, 2.05) is 43.3 Å². The van der Waals surface area contributed by atoms with Gasteiger partial charge in [0.05, 0.1) is 20.0 Å². The molecule has 0 bridgehead atoms. The highest BCUT2D eigenvalue weighted by atomic mass is 32.2. The van der Waals surface area contributed by atoms with Crippen LogP contribution in [0.2, 0.25) is 0 Å². The van der Waals surface area contributed by atoms with Gasteiger partial charge in [-0.15, -0.1) is 11.8 Å². The summed E-state index contributed by atoms with van der Waals surface area (Å²) in [5.74, 6) is 1.81. The molecule has 0 aliphatic carbocycles. The standard InChI is InChI=1S/C18H21NO3S/c1-13-4-6-17(7-5-13)23-12-18(20)19-11-14-8-15(21-2)10-16(9-14)22-3/h4-10H,11-12H2,1-3H3,(H,19,20). The van der Waals surface area contributed by atoms with Gasteiger partial charge in [0.2, 0.25) is 5.91 Å². The van der Waals surface area contributed by atoms with Gasteiger partial charge in [-0.1, -0.05) is 17.7 Å². The molecule has 0 aliphatic rings. The fourth-order valence-electron chi connectivity index (χ4n) is 2.00. The number of carbonyl (C=O) groups excluding carboxylic acids is 1. The number of ether oxygens (including phenoxy) is 2. The highest BCUT2D eigenvalue weighted by Gasteiger charge is 2.06. The van der Waals surface area contributed by atoms with E-state index in [9.17, 15) is 4.79 Å². The van der Waals surface area contributed by atoms with Gasteiger partial charge < -0.3 is 14.8 Å². The average molecular weight is 331 g/mol.